The van der Waals surface area contributed by atoms with E-state index in [2.05, 4.69) is 10.6 Å². The van der Waals surface area contributed by atoms with Crippen LogP contribution in [0.5, 0.6) is 0 Å². The highest BCUT2D eigenvalue weighted by Gasteiger charge is 2.42. The van der Waals surface area contributed by atoms with Crippen molar-refractivity contribution in [3.8, 4) is 0 Å². The standard InChI is InChI=1S/C13H22N2O4/c1-9-8-10(4-7-19-9)14-12(18)15-13(11(16)17)5-2-3-6-13/h9-10H,2-8H2,1H3,(H,16,17)(H2,14,15,18). The van der Waals surface area contributed by atoms with E-state index in [0.29, 0.717) is 19.4 Å². The first-order chi connectivity index (χ1) is 9.02. The van der Waals surface area contributed by atoms with Gasteiger partial charge in [-0.05, 0) is 32.6 Å². The maximum absolute atomic E-state index is 12.0. The van der Waals surface area contributed by atoms with Crippen molar-refractivity contribution in [2.75, 3.05) is 6.61 Å². The Kier molecular flexibility index (Phi) is 4.29. The second-order valence-corrected chi connectivity index (χ2v) is 5.60. The zero-order valence-corrected chi connectivity index (χ0v) is 11.3. The van der Waals surface area contributed by atoms with Gasteiger partial charge in [-0.1, -0.05) is 12.8 Å². The van der Waals surface area contributed by atoms with Crippen LogP contribution in [0.25, 0.3) is 0 Å². The van der Waals surface area contributed by atoms with E-state index in [-0.39, 0.29) is 18.2 Å². The van der Waals surface area contributed by atoms with Crippen LogP contribution in [0.15, 0.2) is 0 Å². The molecule has 0 aromatic rings. The molecule has 6 heteroatoms. The smallest absolute Gasteiger partial charge is 0.329 e. The van der Waals surface area contributed by atoms with Crippen molar-refractivity contribution in [1.29, 1.82) is 0 Å². The summed E-state index contributed by atoms with van der Waals surface area (Å²) in [6.07, 6.45) is 4.41. The number of aliphatic carboxylic acids is 1. The maximum Gasteiger partial charge on any atom is 0.329 e. The van der Waals surface area contributed by atoms with Gasteiger partial charge >= 0.3 is 12.0 Å². The predicted molar refractivity (Wildman–Crippen MR) is 68.9 cm³/mol. The molecule has 1 saturated carbocycles. The molecule has 0 aromatic carbocycles. The fraction of sp³-hybridized carbons (Fsp3) is 0.846. The summed E-state index contributed by atoms with van der Waals surface area (Å²) in [5, 5.41) is 14.8. The number of amides is 2. The lowest BCUT2D eigenvalue weighted by Gasteiger charge is -2.30. The van der Waals surface area contributed by atoms with Crippen LogP contribution in [0.4, 0.5) is 4.79 Å². The number of carboxylic acid groups (broad SMARTS) is 1. The number of carboxylic acids is 1. The molecule has 1 heterocycles. The Bertz CT molecular complexity index is 353. The Balaban J connectivity index is 1.87. The third-order valence-corrected chi connectivity index (χ3v) is 4.04. The minimum Gasteiger partial charge on any atom is -0.480 e. The Morgan fingerprint density at radius 1 is 1.32 bits per heavy atom. The summed E-state index contributed by atoms with van der Waals surface area (Å²) >= 11 is 0. The van der Waals surface area contributed by atoms with Crippen LogP contribution in [0.3, 0.4) is 0 Å². The van der Waals surface area contributed by atoms with Crippen LogP contribution in [0.1, 0.15) is 45.4 Å². The van der Waals surface area contributed by atoms with Crippen molar-refractivity contribution >= 4 is 12.0 Å². The molecule has 0 radical (unpaired) electrons. The number of carbonyl (C=O) groups is 2. The van der Waals surface area contributed by atoms with E-state index in [0.717, 1.165) is 25.7 Å². The fourth-order valence-electron chi connectivity index (χ4n) is 2.94. The van der Waals surface area contributed by atoms with Gasteiger partial charge in [-0.3, -0.25) is 0 Å². The molecule has 0 spiro atoms. The van der Waals surface area contributed by atoms with Crippen molar-refractivity contribution in [2.24, 2.45) is 0 Å². The molecular weight excluding hydrogens is 248 g/mol. The first-order valence-corrected chi connectivity index (χ1v) is 6.95. The molecule has 2 amide bonds. The summed E-state index contributed by atoms with van der Waals surface area (Å²) in [7, 11) is 0. The van der Waals surface area contributed by atoms with Crippen LogP contribution in [-0.4, -0.2) is 41.4 Å². The highest BCUT2D eigenvalue weighted by atomic mass is 16.5. The van der Waals surface area contributed by atoms with E-state index in [1.165, 1.54) is 0 Å². The second-order valence-electron chi connectivity index (χ2n) is 5.60. The van der Waals surface area contributed by atoms with Crippen LogP contribution in [0, 0.1) is 0 Å². The van der Waals surface area contributed by atoms with Gasteiger partial charge in [0.2, 0.25) is 0 Å². The summed E-state index contributed by atoms with van der Waals surface area (Å²) in [4.78, 5) is 23.3. The molecule has 6 nitrogen and oxygen atoms in total. The SMILES string of the molecule is CC1CC(NC(=O)NC2(C(=O)O)CCCC2)CCO1. The number of carbonyl (C=O) groups excluding carboxylic acids is 1. The van der Waals surface area contributed by atoms with Gasteiger partial charge in [0.05, 0.1) is 6.10 Å². The molecule has 2 fully saturated rings. The predicted octanol–water partition coefficient (Wildman–Crippen LogP) is 1.25. The number of rotatable bonds is 3. The largest absolute Gasteiger partial charge is 0.480 e. The minimum absolute atomic E-state index is 0.0657. The van der Waals surface area contributed by atoms with Crippen molar-refractivity contribution in [1.82, 2.24) is 10.6 Å². The molecule has 1 aliphatic carbocycles. The lowest BCUT2D eigenvalue weighted by atomic mass is 9.98. The maximum atomic E-state index is 12.0. The van der Waals surface area contributed by atoms with E-state index in [4.69, 9.17) is 4.74 Å². The summed E-state index contributed by atoms with van der Waals surface area (Å²) in [6.45, 7) is 2.61. The lowest BCUT2D eigenvalue weighted by Crippen LogP contribution is -2.57. The van der Waals surface area contributed by atoms with Gasteiger partial charge in [-0.25, -0.2) is 9.59 Å². The number of ether oxygens (including phenoxy) is 1. The van der Waals surface area contributed by atoms with Crippen LogP contribution in [0.2, 0.25) is 0 Å². The zero-order valence-electron chi connectivity index (χ0n) is 11.3. The van der Waals surface area contributed by atoms with E-state index in [9.17, 15) is 14.7 Å². The van der Waals surface area contributed by atoms with Gasteiger partial charge in [-0.15, -0.1) is 0 Å². The molecule has 2 atom stereocenters. The Morgan fingerprint density at radius 2 is 2.00 bits per heavy atom. The van der Waals surface area contributed by atoms with E-state index < -0.39 is 11.5 Å². The Hall–Kier alpha value is -1.30. The van der Waals surface area contributed by atoms with Gasteiger partial charge < -0.3 is 20.5 Å². The number of urea groups is 1. The third kappa shape index (κ3) is 3.37. The van der Waals surface area contributed by atoms with Gasteiger partial charge in [0.25, 0.3) is 0 Å². The first-order valence-electron chi connectivity index (χ1n) is 6.95. The van der Waals surface area contributed by atoms with Crippen molar-refractivity contribution in [2.45, 2.75) is 63.1 Å². The van der Waals surface area contributed by atoms with Crippen molar-refractivity contribution in [3.63, 3.8) is 0 Å². The van der Waals surface area contributed by atoms with E-state index >= 15 is 0 Å². The first kappa shape index (κ1) is 14.1. The topological polar surface area (TPSA) is 87.7 Å². The van der Waals surface area contributed by atoms with Crippen LogP contribution < -0.4 is 10.6 Å². The quantitative estimate of drug-likeness (QED) is 0.720. The molecule has 3 N–H and O–H groups in total. The zero-order chi connectivity index (χ0) is 13.9. The van der Waals surface area contributed by atoms with Gasteiger partial charge in [0.1, 0.15) is 5.54 Å². The molecular formula is C13H22N2O4. The summed E-state index contributed by atoms with van der Waals surface area (Å²) in [6, 6.07) is -0.306. The number of hydrogen-bond donors (Lipinski definition) is 3. The van der Waals surface area contributed by atoms with Gasteiger partial charge in [0.15, 0.2) is 0 Å². The number of hydrogen-bond acceptors (Lipinski definition) is 3. The van der Waals surface area contributed by atoms with E-state index in [1.807, 2.05) is 6.92 Å². The molecule has 0 bridgehead atoms. The molecule has 2 unspecified atom stereocenters. The molecule has 0 aromatic heterocycles. The van der Waals surface area contributed by atoms with Crippen LogP contribution in [-0.2, 0) is 9.53 Å². The highest BCUT2D eigenvalue weighted by Crippen LogP contribution is 2.29. The molecule has 108 valence electrons. The molecule has 1 saturated heterocycles. The van der Waals surface area contributed by atoms with Gasteiger partial charge in [-0.2, -0.15) is 0 Å². The minimum atomic E-state index is -1.07. The lowest BCUT2D eigenvalue weighted by molar-refractivity contribution is -0.144. The normalized spacial score (nSPS) is 29.7. The van der Waals surface area contributed by atoms with Crippen LogP contribution >= 0.6 is 0 Å². The summed E-state index contributed by atoms with van der Waals surface area (Å²) < 4.78 is 5.42. The highest BCUT2D eigenvalue weighted by molar-refractivity contribution is 5.86. The average Bonchev–Trinajstić information content (AvgIpc) is 2.78. The monoisotopic (exact) mass is 270 g/mol. The molecule has 2 aliphatic rings. The Labute approximate surface area is 112 Å². The van der Waals surface area contributed by atoms with E-state index in [1.54, 1.807) is 0 Å². The third-order valence-electron chi connectivity index (χ3n) is 4.04. The second kappa shape index (κ2) is 5.77. The average molecular weight is 270 g/mol. The van der Waals surface area contributed by atoms with Crippen molar-refractivity contribution in [3.05, 3.63) is 0 Å². The number of nitrogens with one attached hydrogen (secondary N) is 2. The van der Waals surface area contributed by atoms with Crippen molar-refractivity contribution < 1.29 is 19.4 Å². The molecule has 1 aliphatic heterocycles. The molecule has 19 heavy (non-hydrogen) atoms. The summed E-state index contributed by atoms with van der Waals surface area (Å²) in [5.41, 5.74) is -1.07. The van der Waals surface area contributed by atoms with Gasteiger partial charge in [0, 0.05) is 12.6 Å². The fourth-order valence-corrected chi connectivity index (χ4v) is 2.94. The summed E-state index contributed by atoms with van der Waals surface area (Å²) in [5.74, 6) is -0.930. The molecule has 2 rings (SSSR count). The Morgan fingerprint density at radius 3 is 2.58 bits per heavy atom.